The van der Waals surface area contributed by atoms with Crippen LogP contribution in [-0.4, -0.2) is 24.4 Å². The summed E-state index contributed by atoms with van der Waals surface area (Å²) < 4.78 is 0. The third kappa shape index (κ3) is 1.59. The summed E-state index contributed by atoms with van der Waals surface area (Å²) >= 11 is 0. The lowest BCUT2D eigenvalue weighted by Crippen LogP contribution is -2.56. The first-order chi connectivity index (χ1) is 5.65. The van der Waals surface area contributed by atoms with Crippen LogP contribution >= 0.6 is 0 Å². The number of amides is 4. The van der Waals surface area contributed by atoms with Gasteiger partial charge in [-0.1, -0.05) is 0 Å². The Bertz CT molecular complexity index is 218. The fourth-order valence-corrected chi connectivity index (χ4v) is 0.977. The molecule has 0 unspecified atom stereocenters. The Hall–Kier alpha value is -1.43. The second-order valence-corrected chi connectivity index (χ2v) is 2.44. The molecule has 6 nitrogen and oxygen atoms in total. The molecule has 0 aromatic rings. The summed E-state index contributed by atoms with van der Waals surface area (Å²) in [7, 11) is 0. The molecule has 0 spiro atoms. The molecular formula is C6H9N3O3. The molecule has 1 heterocycles. The first-order valence-corrected chi connectivity index (χ1v) is 3.51. The number of rotatable bonds is 2. The van der Waals surface area contributed by atoms with Crippen molar-refractivity contribution < 1.29 is 14.4 Å². The molecule has 12 heavy (non-hydrogen) atoms. The predicted octanol–water partition coefficient (Wildman–Crippen LogP) is -1.68. The number of carbonyl (C=O) groups excluding carboxylic acids is 3. The molecular weight excluding hydrogens is 162 g/mol. The van der Waals surface area contributed by atoms with Crippen LogP contribution in [0.25, 0.3) is 0 Å². The lowest BCUT2D eigenvalue weighted by atomic mass is 10.0. The van der Waals surface area contributed by atoms with Gasteiger partial charge in [-0.05, 0) is 13.0 Å². The monoisotopic (exact) mass is 171 g/mol. The number of urea groups is 1. The highest BCUT2D eigenvalue weighted by atomic mass is 16.2. The summed E-state index contributed by atoms with van der Waals surface area (Å²) in [6, 6.07) is -0.765. The van der Waals surface area contributed by atoms with Crippen LogP contribution in [0.4, 0.5) is 4.79 Å². The van der Waals surface area contributed by atoms with Gasteiger partial charge in [-0.25, -0.2) is 4.79 Å². The second-order valence-electron chi connectivity index (χ2n) is 2.44. The van der Waals surface area contributed by atoms with Crippen molar-refractivity contribution in [2.45, 2.75) is 6.42 Å². The van der Waals surface area contributed by atoms with Crippen LogP contribution in [0.15, 0.2) is 0 Å². The maximum Gasteiger partial charge on any atom is 0.328 e. The summed E-state index contributed by atoms with van der Waals surface area (Å²) in [5.41, 5.74) is 5.17. The topological polar surface area (TPSA) is 101 Å². The highest BCUT2D eigenvalue weighted by Gasteiger charge is 2.32. The van der Waals surface area contributed by atoms with Crippen molar-refractivity contribution >= 4 is 17.8 Å². The van der Waals surface area contributed by atoms with Crippen molar-refractivity contribution in [2.24, 2.45) is 11.7 Å². The Morgan fingerprint density at radius 3 is 2.08 bits per heavy atom. The molecule has 1 aliphatic rings. The Morgan fingerprint density at radius 2 is 1.67 bits per heavy atom. The van der Waals surface area contributed by atoms with Crippen molar-refractivity contribution in [3.63, 3.8) is 0 Å². The van der Waals surface area contributed by atoms with Crippen LogP contribution in [0.3, 0.4) is 0 Å². The van der Waals surface area contributed by atoms with Crippen molar-refractivity contribution in [3.05, 3.63) is 0 Å². The number of nitrogens with two attached hydrogens (primary N) is 1. The van der Waals surface area contributed by atoms with E-state index in [1.165, 1.54) is 0 Å². The number of carbonyl (C=O) groups is 3. The van der Waals surface area contributed by atoms with Crippen LogP contribution in [0.5, 0.6) is 0 Å². The summed E-state index contributed by atoms with van der Waals surface area (Å²) in [6.07, 6.45) is 0.255. The van der Waals surface area contributed by atoms with Crippen LogP contribution in [0.1, 0.15) is 6.42 Å². The normalized spacial score (nSPS) is 18.9. The minimum absolute atomic E-state index is 0.236. The van der Waals surface area contributed by atoms with Gasteiger partial charge in [0.2, 0.25) is 11.8 Å². The highest BCUT2D eigenvalue weighted by Crippen LogP contribution is 2.05. The van der Waals surface area contributed by atoms with Crippen molar-refractivity contribution in [3.8, 4) is 0 Å². The Balaban J connectivity index is 2.67. The van der Waals surface area contributed by atoms with Gasteiger partial charge in [0.15, 0.2) is 0 Å². The zero-order valence-corrected chi connectivity index (χ0v) is 6.29. The summed E-state index contributed by atoms with van der Waals surface area (Å²) in [5.74, 6) is -1.98. The van der Waals surface area contributed by atoms with Crippen LogP contribution in [0.2, 0.25) is 0 Å². The van der Waals surface area contributed by atoms with E-state index in [-0.39, 0.29) is 13.0 Å². The van der Waals surface area contributed by atoms with Gasteiger partial charge in [0.1, 0.15) is 5.92 Å². The van der Waals surface area contributed by atoms with E-state index in [0.717, 1.165) is 0 Å². The van der Waals surface area contributed by atoms with E-state index >= 15 is 0 Å². The van der Waals surface area contributed by atoms with Crippen LogP contribution in [0, 0.1) is 5.92 Å². The Labute approximate surface area is 68.5 Å². The predicted molar refractivity (Wildman–Crippen MR) is 38.8 cm³/mol. The first-order valence-electron chi connectivity index (χ1n) is 3.51. The third-order valence-electron chi connectivity index (χ3n) is 1.56. The summed E-state index contributed by atoms with van der Waals surface area (Å²) in [5, 5.41) is 3.96. The number of hydrogen-bond donors (Lipinski definition) is 3. The van der Waals surface area contributed by atoms with E-state index in [0.29, 0.717) is 0 Å². The molecule has 4 N–H and O–H groups in total. The van der Waals surface area contributed by atoms with Gasteiger partial charge in [-0.3, -0.25) is 20.2 Å². The number of nitrogens with one attached hydrogen (secondary N) is 2. The van der Waals surface area contributed by atoms with E-state index in [2.05, 4.69) is 0 Å². The van der Waals surface area contributed by atoms with Gasteiger partial charge in [-0.2, -0.15) is 0 Å². The molecule has 0 aliphatic carbocycles. The molecule has 1 rings (SSSR count). The van der Waals surface area contributed by atoms with Gasteiger partial charge >= 0.3 is 6.03 Å². The summed E-state index contributed by atoms with van der Waals surface area (Å²) in [6.45, 7) is 0.236. The molecule has 4 amide bonds. The minimum atomic E-state index is -0.826. The maximum absolute atomic E-state index is 11.0. The number of hydrogen-bond acceptors (Lipinski definition) is 4. The zero-order valence-electron chi connectivity index (χ0n) is 6.29. The quantitative estimate of drug-likeness (QED) is 0.432. The molecule has 66 valence electrons. The van der Waals surface area contributed by atoms with Gasteiger partial charge in [-0.15, -0.1) is 0 Å². The zero-order chi connectivity index (χ0) is 9.14. The van der Waals surface area contributed by atoms with Crippen molar-refractivity contribution in [2.75, 3.05) is 6.54 Å². The molecule has 1 saturated heterocycles. The van der Waals surface area contributed by atoms with Gasteiger partial charge < -0.3 is 5.73 Å². The molecule has 0 aromatic heterocycles. The highest BCUT2D eigenvalue weighted by molar-refractivity contribution is 6.16. The Morgan fingerprint density at radius 1 is 1.17 bits per heavy atom. The molecule has 0 saturated carbocycles. The van der Waals surface area contributed by atoms with Gasteiger partial charge in [0.25, 0.3) is 0 Å². The molecule has 0 atom stereocenters. The van der Waals surface area contributed by atoms with Gasteiger partial charge in [0, 0.05) is 0 Å². The third-order valence-corrected chi connectivity index (χ3v) is 1.56. The molecule has 6 heteroatoms. The van der Waals surface area contributed by atoms with E-state index < -0.39 is 23.8 Å². The SMILES string of the molecule is NCCC1C(=O)NC(=O)NC1=O. The molecule has 0 aromatic carbocycles. The number of imide groups is 2. The minimum Gasteiger partial charge on any atom is -0.330 e. The molecule has 0 bridgehead atoms. The standard InChI is InChI=1S/C6H9N3O3/c7-2-1-3-4(10)8-6(12)9-5(3)11/h3H,1-2,7H2,(H2,8,9,10,11,12). The van der Waals surface area contributed by atoms with Crippen LogP contribution < -0.4 is 16.4 Å². The Kier molecular flexibility index (Phi) is 2.39. The second kappa shape index (κ2) is 3.31. The van der Waals surface area contributed by atoms with E-state index in [4.69, 9.17) is 5.73 Å². The maximum atomic E-state index is 11.0. The summed E-state index contributed by atoms with van der Waals surface area (Å²) in [4.78, 5) is 32.5. The van der Waals surface area contributed by atoms with Crippen molar-refractivity contribution in [1.29, 1.82) is 0 Å². The van der Waals surface area contributed by atoms with Crippen LogP contribution in [-0.2, 0) is 9.59 Å². The van der Waals surface area contributed by atoms with E-state index in [1.807, 2.05) is 10.6 Å². The lowest BCUT2D eigenvalue weighted by molar-refractivity contribution is -0.135. The first kappa shape index (κ1) is 8.66. The van der Waals surface area contributed by atoms with Crippen molar-refractivity contribution in [1.82, 2.24) is 10.6 Å². The van der Waals surface area contributed by atoms with E-state index in [9.17, 15) is 14.4 Å². The average Bonchev–Trinajstić information content (AvgIpc) is 1.96. The fraction of sp³-hybridized carbons (Fsp3) is 0.500. The number of barbiturate groups is 1. The largest absolute Gasteiger partial charge is 0.330 e. The molecule has 1 fully saturated rings. The molecule has 1 aliphatic heterocycles. The fourth-order valence-electron chi connectivity index (χ4n) is 0.977. The van der Waals surface area contributed by atoms with E-state index in [1.54, 1.807) is 0 Å². The van der Waals surface area contributed by atoms with Gasteiger partial charge in [0.05, 0.1) is 0 Å². The average molecular weight is 171 g/mol. The lowest BCUT2D eigenvalue weighted by Gasteiger charge is -2.19. The smallest absolute Gasteiger partial charge is 0.328 e. The molecule has 0 radical (unpaired) electrons.